The highest BCUT2D eigenvalue weighted by Crippen LogP contribution is 2.07. The lowest BCUT2D eigenvalue weighted by Crippen LogP contribution is -2.17. The SMILES string of the molecule is CCO[SiH](C)OCC.CCc1cccs1. The molecule has 1 aromatic heterocycles. The van der Waals surface area contributed by atoms with E-state index in [9.17, 15) is 0 Å². The summed E-state index contributed by atoms with van der Waals surface area (Å²) in [7, 11) is -1.20. The molecule has 0 spiro atoms. The lowest BCUT2D eigenvalue weighted by atomic mass is 10.4. The van der Waals surface area contributed by atoms with E-state index in [-0.39, 0.29) is 0 Å². The van der Waals surface area contributed by atoms with Crippen molar-refractivity contribution in [2.75, 3.05) is 13.2 Å². The third-order valence-electron chi connectivity index (χ3n) is 1.73. The maximum absolute atomic E-state index is 5.20. The molecule has 88 valence electrons. The molecule has 0 fully saturated rings. The van der Waals surface area contributed by atoms with E-state index >= 15 is 0 Å². The van der Waals surface area contributed by atoms with Crippen LogP contribution in [0, 0.1) is 0 Å². The molecular weight excluding hydrogens is 224 g/mol. The number of aryl methyl sites for hydroxylation is 1. The van der Waals surface area contributed by atoms with Gasteiger partial charge in [-0.1, -0.05) is 13.0 Å². The van der Waals surface area contributed by atoms with Crippen LogP contribution in [0.3, 0.4) is 0 Å². The fourth-order valence-electron chi connectivity index (χ4n) is 1.03. The Balaban J connectivity index is 0.000000262. The Bertz CT molecular complexity index is 208. The molecule has 4 heteroatoms. The average Bonchev–Trinajstić information content (AvgIpc) is 2.72. The van der Waals surface area contributed by atoms with Crippen molar-refractivity contribution in [2.24, 2.45) is 0 Å². The van der Waals surface area contributed by atoms with Gasteiger partial charge in [-0.15, -0.1) is 11.3 Å². The van der Waals surface area contributed by atoms with Gasteiger partial charge in [-0.2, -0.15) is 0 Å². The minimum atomic E-state index is -1.20. The van der Waals surface area contributed by atoms with Crippen molar-refractivity contribution in [3.05, 3.63) is 22.4 Å². The van der Waals surface area contributed by atoms with Crippen molar-refractivity contribution in [1.82, 2.24) is 0 Å². The van der Waals surface area contributed by atoms with E-state index in [1.807, 2.05) is 31.7 Å². The topological polar surface area (TPSA) is 18.5 Å². The summed E-state index contributed by atoms with van der Waals surface area (Å²) >= 11 is 1.82. The van der Waals surface area contributed by atoms with Crippen LogP contribution in [0.25, 0.3) is 0 Å². The van der Waals surface area contributed by atoms with Gasteiger partial charge in [0.05, 0.1) is 0 Å². The molecule has 0 saturated carbocycles. The van der Waals surface area contributed by atoms with Crippen molar-refractivity contribution in [3.63, 3.8) is 0 Å². The molecule has 1 heterocycles. The zero-order chi connectivity index (χ0) is 11.5. The van der Waals surface area contributed by atoms with E-state index < -0.39 is 9.28 Å². The van der Waals surface area contributed by atoms with E-state index in [1.165, 1.54) is 11.3 Å². The van der Waals surface area contributed by atoms with E-state index in [0.29, 0.717) is 0 Å². The molecule has 0 bridgehead atoms. The van der Waals surface area contributed by atoms with Crippen molar-refractivity contribution in [2.45, 2.75) is 33.7 Å². The molecule has 15 heavy (non-hydrogen) atoms. The number of rotatable bonds is 5. The van der Waals surface area contributed by atoms with Crippen molar-refractivity contribution in [3.8, 4) is 0 Å². The largest absolute Gasteiger partial charge is 0.397 e. The summed E-state index contributed by atoms with van der Waals surface area (Å²) in [5.74, 6) is 0. The molecule has 0 radical (unpaired) electrons. The standard InChI is InChI=1S/C6H8S.C5H14O2Si/c1-2-6-4-3-5-7-6;1-4-6-8(3)7-5-2/h3-5H,2H2,1H3;8H,4-5H2,1-3H3. The second-order valence-corrected chi connectivity index (χ2v) is 5.75. The molecule has 0 saturated heterocycles. The smallest absolute Gasteiger partial charge is 0.318 e. The van der Waals surface area contributed by atoms with E-state index in [4.69, 9.17) is 8.85 Å². The van der Waals surface area contributed by atoms with Crippen LogP contribution in [0.1, 0.15) is 25.6 Å². The molecule has 0 aliphatic rings. The monoisotopic (exact) mass is 246 g/mol. The molecule has 0 amide bonds. The summed E-state index contributed by atoms with van der Waals surface area (Å²) in [5.41, 5.74) is 0. The van der Waals surface area contributed by atoms with Gasteiger partial charge in [-0.05, 0) is 38.3 Å². The summed E-state index contributed by atoms with van der Waals surface area (Å²) in [6.07, 6.45) is 1.18. The Morgan fingerprint density at radius 3 is 2.07 bits per heavy atom. The Labute approximate surface area is 99.1 Å². The lowest BCUT2D eigenvalue weighted by molar-refractivity contribution is 0.219. The highest BCUT2D eigenvalue weighted by atomic mass is 32.1. The van der Waals surface area contributed by atoms with Crippen LogP contribution >= 0.6 is 11.3 Å². The van der Waals surface area contributed by atoms with Crippen LogP contribution in [-0.4, -0.2) is 22.5 Å². The van der Waals surface area contributed by atoms with Crippen molar-refractivity contribution >= 4 is 20.6 Å². The Morgan fingerprint density at radius 2 is 1.80 bits per heavy atom. The predicted octanol–water partition coefficient (Wildman–Crippen LogP) is 3.22. The fraction of sp³-hybridized carbons (Fsp3) is 0.636. The predicted molar refractivity (Wildman–Crippen MR) is 70.0 cm³/mol. The summed E-state index contributed by atoms with van der Waals surface area (Å²) in [4.78, 5) is 1.47. The third kappa shape index (κ3) is 8.81. The Morgan fingerprint density at radius 1 is 1.20 bits per heavy atom. The summed E-state index contributed by atoms with van der Waals surface area (Å²) < 4.78 is 10.4. The van der Waals surface area contributed by atoms with Gasteiger partial charge in [0.1, 0.15) is 0 Å². The summed E-state index contributed by atoms with van der Waals surface area (Å²) in [6.45, 7) is 9.75. The van der Waals surface area contributed by atoms with Crippen LogP contribution in [0.2, 0.25) is 6.55 Å². The van der Waals surface area contributed by atoms with Crippen LogP contribution in [-0.2, 0) is 15.3 Å². The third-order valence-corrected chi connectivity index (χ3v) is 4.36. The Hall–Kier alpha value is -0.163. The first-order valence-electron chi connectivity index (χ1n) is 5.50. The second kappa shape index (κ2) is 10.4. The van der Waals surface area contributed by atoms with Gasteiger partial charge >= 0.3 is 9.28 Å². The molecule has 1 rings (SSSR count). The number of thiophene rings is 1. The van der Waals surface area contributed by atoms with E-state index in [1.54, 1.807) is 0 Å². The van der Waals surface area contributed by atoms with Crippen LogP contribution in [0.5, 0.6) is 0 Å². The number of hydrogen-bond acceptors (Lipinski definition) is 3. The van der Waals surface area contributed by atoms with Gasteiger partial charge in [0.25, 0.3) is 0 Å². The van der Waals surface area contributed by atoms with Crippen LogP contribution in [0.4, 0.5) is 0 Å². The van der Waals surface area contributed by atoms with Gasteiger partial charge in [0.15, 0.2) is 0 Å². The number of hydrogen-bond donors (Lipinski definition) is 0. The van der Waals surface area contributed by atoms with Crippen LogP contribution in [0.15, 0.2) is 17.5 Å². The van der Waals surface area contributed by atoms with E-state index in [2.05, 4.69) is 24.4 Å². The quantitative estimate of drug-likeness (QED) is 0.743. The minimum absolute atomic E-state index is 0.785. The maximum Gasteiger partial charge on any atom is 0.318 e. The molecule has 1 aromatic rings. The summed E-state index contributed by atoms with van der Waals surface area (Å²) in [5, 5.41) is 2.11. The fourth-order valence-corrected chi connectivity index (χ4v) is 2.72. The normalized spacial score (nSPS) is 9.93. The molecule has 0 unspecified atom stereocenters. The summed E-state index contributed by atoms with van der Waals surface area (Å²) in [6, 6.07) is 4.24. The molecule has 2 nitrogen and oxygen atoms in total. The average molecular weight is 246 g/mol. The van der Waals surface area contributed by atoms with Gasteiger partial charge in [-0.25, -0.2) is 0 Å². The van der Waals surface area contributed by atoms with E-state index in [0.717, 1.165) is 13.2 Å². The van der Waals surface area contributed by atoms with Crippen LogP contribution < -0.4 is 0 Å². The first-order valence-corrected chi connectivity index (χ1v) is 8.47. The second-order valence-electron chi connectivity index (χ2n) is 2.91. The van der Waals surface area contributed by atoms with Crippen molar-refractivity contribution < 1.29 is 8.85 Å². The van der Waals surface area contributed by atoms with Gasteiger partial charge in [-0.3, -0.25) is 0 Å². The van der Waals surface area contributed by atoms with Gasteiger partial charge < -0.3 is 8.85 Å². The van der Waals surface area contributed by atoms with Gasteiger partial charge in [0, 0.05) is 18.1 Å². The first kappa shape index (κ1) is 14.8. The molecular formula is C11H22O2SSi. The molecule has 0 aromatic carbocycles. The maximum atomic E-state index is 5.20. The minimum Gasteiger partial charge on any atom is -0.397 e. The highest BCUT2D eigenvalue weighted by Gasteiger charge is 1.99. The molecule has 0 aliphatic heterocycles. The molecule has 0 aliphatic carbocycles. The van der Waals surface area contributed by atoms with Crippen molar-refractivity contribution in [1.29, 1.82) is 0 Å². The first-order chi connectivity index (χ1) is 7.24. The zero-order valence-electron chi connectivity index (χ0n) is 10.2. The molecule has 0 atom stereocenters. The zero-order valence-corrected chi connectivity index (χ0v) is 12.1. The molecule has 0 N–H and O–H groups in total. The van der Waals surface area contributed by atoms with Gasteiger partial charge in [0.2, 0.25) is 0 Å². The lowest BCUT2D eigenvalue weighted by Gasteiger charge is -2.07. The highest BCUT2D eigenvalue weighted by molar-refractivity contribution is 7.09. The Kier molecular flexibility index (Phi) is 10.2.